The van der Waals surface area contributed by atoms with Crippen molar-refractivity contribution in [3.05, 3.63) is 35.4 Å². The third-order valence-corrected chi connectivity index (χ3v) is 3.67. The third-order valence-electron chi connectivity index (χ3n) is 3.67. The van der Waals surface area contributed by atoms with Gasteiger partial charge in [0.25, 0.3) is 5.91 Å². The Kier molecular flexibility index (Phi) is 4.12. The Morgan fingerprint density at radius 2 is 1.77 bits per heavy atom. The topological polar surface area (TPSA) is 66.4 Å². The molecule has 22 heavy (non-hydrogen) atoms. The van der Waals surface area contributed by atoms with Crippen molar-refractivity contribution in [3.63, 3.8) is 0 Å². The largest absolute Gasteiger partial charge is 0.481 e. The minimum atomic E-state index is -4.54. The van der Waals surface area contributed by atoms with E-state index in [0.29, 0.717) is 25.0 Å². The van der Waals surface area contributed by atoms with E-state index in [1.807, 2.05) is 0 Å². The number of carbonyl (C=O) groups is 2. The molecular weight excluding hydrogens is 306 g/mol. The fraction of sp³-hybridized carbons (Fsp3) is 0.429. The maximum absolute atomic E-state index is 13.9. The standard InChI is InChI=1S/C14H13F4NO3/c15-10(8-1-3-9(4-2-8)14(16,17)18)11(20)19-7-13(5-6-13)12(21)22/h1-4,10H,5-7H2,(H,19,20)(H,21,22). The lowest BCUT2D eigenvalue weighted by atomic mass is 10.1. The monoisotopic (exact) mass is 319 g/mol. The lowest BCUT2D eigenvalue weighted by Gasteiger charge is -2.14. The number of carbonyl (C=O) groups excluding carboxylic acids is 1. The predicted molar refractivity (Wildman–Crippen MR) is 67.6 cm³/mol. The Morgan fingerprint density at radius 3 is 2.18 bits per heavy atom. The fourth-order valence-electron chi connectivity index (χ4n) is 1.96. The molecule has 0 aliphatic heterocycles. The molecule has 1 saturated carbocycles. The highest BCUT2D eigenvalue weighted by molar-refractivity contribution is 5.84. The van der Waals surface area contributed by atoms with E-state index < -0.39 is 35.2 Å². The maximum atomic E-state index is 13.9. The lowest BCUT2D eigenvalue weighted by Crippen LogP contribution is -2.36. The summed E-state index contributed by atoms with van der Waals surface area (Å²) in [6.45, 7) is -0.192. The van der Waals surface area contributed by atoms with Crippen molar-refractivity contribution in [2.75, 3.05) is 6.54 Å². The van der Waals surface area contributed by atoms with Crippen LogP contribution in [0.25, 0.3) is 0 Å². The summed E-state index contributed by atoms with van der Waals surface area (Å²) in [6.07, 6.45) is -5.88. The van der Waals surface area contributed by atoms with Crippen LogP contribution in [0.4, 0.5) is 17.6 Å². The van der Waals surface area contributed by atoms with Crippen LogP contribution in [0.1, 0.15) is 30.1 Å². The molecule has 120 valence electrons. The van der Waals surface area contributed by atoms with Crippen LogP contribution in [0.2, 0.25) is 0 Å². The van der Waals surface area contributed by atoms with E-state index in [-0.39, 0.29) is 12.1 Å². The van der Waals surface area contributed by atoms with Gasteiger partial charge in [-0.2, -0.15) is 13.2 Å². The van der Waals surface area contributed by atoms with Crippen LogP contribution in [-0.4, -0.2) is 23.5 Å². The molecule has 0 radical (unpaired) electrons. The summed E-state index contributed by atoms with van der Waals surface area (Å²) in [5, 5.41) is 11.1. The van der Waals surface area contributed by atoms with Crippen LogP contribution >= 0.6 is 0 Å². The Hall–Kier alpha value is -2.12. The smallest absolute Gasteiger partial charge is 0.416 e. The summed E-state index contributed by atoms with van der Waals surface area (Å²) >= 11 is 0. The molecule has 1 aromatic rings. The van der Waals surface area contributed by atoms with Crippen molar-refractivity contribution < 1.29 is 32.3 Å². The number of amides is 1. The lowest BCUT2D eigenvalue weighted by molar-refractivity contribution is -0.143. The highest BCUT2D eigenvalue weighted by Gasteiger charge is 2.50. The molecule has 1 amide bonds. The van der Waals surface area contributed by atoms with Gasteiger partial charge in [-0.15, -0.1) is 0 Å². The quantitative estimate of drug-likeness (QED) is 0.820. The summed E-state index contributed by atoms with van der Waals surface area (Å²) in [6, 6.07) is 3.15. The van der Waals surface area contributed by atoms with Crippen molar-refractivity contribution in [2.24, 2.45) is 5.41 Å². The van der Waals surface area contributed by atoms with Gasteiger partial charge in [0.05, 0.1) is 11.0 Å². The second-order valence-electron chi connectivity index (χ2n) is 5.29. The summed E-state index contributed by atoms with van der Waals surface area (Å²) in [7, 11) is 0. The van der Waals surface area contributed by atoms with E-state index in [1.54, 1.807) is 0 Å². The van der Waals surface area contributed by atoms with Crippen LogP contribution < -0.4 is 5.32 Å². The molecule has 2 N–H and O–H groups in total. The van der Waals surface area contributed by atoms with Gasteiger partial charge >= 0.3 is 12.1 Å². The molecule has 0 saturated heterocycles. The molecule has 0 bridgehead atoms. The number of benzene rings is 1. The average molecular weight is 319 g/mol. The van der Waals surface area contributed by atoms with Crippen LogP contribution in [0.5, 0.6) is 0 Å². The first-order chi connectivity index (χ1) is 10.2. The Morgan fingerprint density at radius 1 is 1.23 bits per heavy atom. The van der Waals surface area contributed by atoms with E-state index in [4.69, 9.17) is 5.11 Å². The summed E-state index contributed by atoms with van der Waals surface area (Å²) in [4.78, 5) is 22.5. The molecular formula is C14H13F4NO3. The third kappa shape index (κ3) is 3.37. The minimum absolute atomic E-state index is 0.192. The number of aliphatic carboxylic acids is 1. The first-order valence-corrected chi connectivity index (χ1v) is 6.48. The van der Waals surface area contributed by atoms with Gasteiger partial charge in [-0.05, 0) is 30.5 Å². The molecule has 1 aliphatic carbocycles. The first kappa shape index (κ1) is 16.3. The van der Waals surface area contributed by atoms with Gasteiger partial charge in [-0.3, -0.25) is 9.59 Å². The molecule has 1 unspecified atom stereocenters. The number of alkyl halides is 4. The SMILES string of the molecule is O=C(NCC1(C(=O)O)CC1)C(F)c1ccc(C(F)(F)F)cc1. The van der Waals surface area contributed by atoms with Gasteiger partial charge < -0.3 is 10.4 Å². The zero-order valence-electron chi connectivity index (χ0n) is 11.3. The zero-order chi connectivity index (χ0) is 16.5. The molecule has 1 fully saturated rings. The van der Waals surface area contributed by atoms with Gasteiger partial charge in [-0.1, -0.05) is 12.1 Å². The highest BCUT2D eigenvalue weighted by atomic mass is 19.4. The van der Waals surface area contributed by atoms with Crippen molar-refractivity contribution in [2.45, 2.75) is 25.2 Å². The number of hydrogen-bond donors (Lipinski definition) is 2. The maximum Gasteiger partial charge on any atom is 0.416 e. The van der Waals surface area contributed by atoms with Gasteiger partial charge in [-0.25, -0.2) is 4.39 Å². The molecule has 8 heteroatoms. The Bertz CT molecular complexity index is 579. The Labute approximate surface area is 123 Å². The molecule has 0 heterocycles. The molecule has 1 atom stereocenters. The number of carboxylic acids is 1. The van der Waals surface area contributed by atoms with Crippen molar-refractivity contribution >= 4 is 11.9 Å². The summed E-state index contributed by atoms with van der Waals surface area (Å²) in [5.74, 6) is -2.12. The van der Waals surface area contributed by atoms with Crippen molar-refractivity contribution in [1.82, 2.24) is 5.32 Å². The van der Waals surface area contributed by atoms with Gasteiger partial charge in [0.1, 0.15) is 0 Å². The van der Waals surface area contributed by atoms with E-state index in [1.165, 1.54) is 0 Å². The van der Waals surface area contributed by atoms with E-state index >= 15 is 0 Å². The molecule has 4 nitrogen and oxygen atoms in total. The highest BCUT2D eigenvalue weighted by Crippen LogP contribution is 2.45. The van der Waals surface area contributed by atoms with E-state index in [9.17, 15) is 27.2 Å². The van der Waals surface area contributed by atoms with Crippen LogP contribution in [-0.2, 0) is 15.8 Å². The van der Waals surface area contributed by atoms with Gasteiger partial charge in [0, 0.05) is 6.54 Å². The van der Waals surface area contributed by atoms with Crippen LogP contribution in [0, 0.1) is 5.41 Å². The summed E-state index contributed by atoms with van der Waals surface area (Å²) in [5.41, 5.74) is -2.19. The second-order valence-corrected chi connectivity index (χ2v) is 5.29. The Balaban J connectivity index is 1.97. The number of rotatable bonds is 5. The van der Waals surface area contributed by atoms with Gasteiger partial charge in [0.15, 0.2) is 0 Å². The molecule has 2 rings (SSSR count). The van der Waals surface area contributed by atoms with Crippen molar-refractivity contribution in [1.29, 1.82) is 0 Å². The zero-order valence-corrected chi connectivity index (χ0v) is 11.3. The molecule has 1 aromatic carbocycles. The molecule has 1 aliphatic rings. The van der Waals surface area contributed by atoms with Gasteiger partial charge in [0.2, 0.25) is 6.17 Å². The normalized spacial score (nSPS) is 17.6. The number of carboxylic acid groups (broad SMARTS) is 1. The predicted octanol–water partition coefficient (Wildman–Crippen LogP) is 2.70. The number of halogens is 4. The van der Waals surface area contributed by atoms with E-state index in [0.717, 1.165) is 12.1 Å². The molecule has 0 spiro atoms. The van der Waals surface area contributed by atoms with Crippen LogP contribution in [0.3, 0.4) is 0 Å². The van der Waals surface area contributed by atoms with E-state index in [2.05, 4.69) is 5.32 Å². The van der Waals surface area contributed by atoms with Crippen molar-refractivity contribution in [3.8, 4) is 0 Å². The second kappa shape index (κ2) is 5.58. The average Bonchev–Trinajstić information content (AvgIpc) is 3.24. The first-order valence-electron chi connectivity index (χ1n) is 6.48. The number of hydrogen-bond acceptors (Lipinski definition) is 2. The minimum Gasteiger partial charge on any atom is -0.481 e. The van der Waals surface area contributed by atoms with Crippen LogP contribution in [0.15, 0.2) is 24.3 Å². The fourth-order valence-corrected chi connectivity index (χ4v) is 1.96. The summed E-state index contributed by atoms with van der Waals surface area (Å²) < 4.78 is 51.1. The molecule has 0 aromatic heterocycles. The number of nitrogens with one attached hydrogen (secondary N) is 1.